The Morgan fingerprint density at radius 1 is 1.10 bits per heavy atom. The van der Waals surface area contributed by atoms with Gasteiger partial charge in [-0.2, -0.15) is 4.39 Å². The van der Waals surface area contributed by atoms with Gasteiger partial charge in [-0.25, -0.2) is 0 Å². The highest BCUT2D eigenvalue weighted by Crippen LogP contribution is 2.36. The van der Waals surface area contributed by atoms with E-state index in [1.807, 2.05) is 44.4 Å². The molecule has 6 heteroatoms. The van der Waals surface area contributed by atoms with E-state index in [0.717, 1.165) is 85.0 Å². The lowest BCUT2D eigenvalue weighted by Crippen LogP contribution is -2.00. The van der Waals surface area contributed by atoms with Gasteiger partial charge in [0, 0.05) is 41.0 Å². The molecule has 5 aromatic rings. The van der Waals surface area contributed by atoms with E-state index in [1.165, 1.54) is 11.6 Å². The maximum absolute atomic E-state index is 13.7. The summed E-state index contributed by atoms with van der Waals surface area (Å²) in [5.41, 5.74) is 9.48. The second-order valence-corrected chi connectivity index (χ2v) is 10.4. The first-order chi connectivity index (χ1) is 19.5. The summed E-state index contributed by atoms with van der Waals surface area (Å²) in [5.74, 6) is 0. The average molecular weight is 547 g/mol. The molecular weight excluding hydrogens is 515 g/mol. The van der Waals surface area contributed by atoms with Gasteiger partial charge in [0.15, 0.2) is 5.13 Å². The maximum atomic E-state index is 13.7. The highest BCUT2D eigenvalue weighted by Gasteiger charge is 2.16. The third-order valence-electron chi connectivity index (χ3n) is 6.93. The normalized spacial score (nSPS) is 12.1. The van der Waals surface area contributed by atoms with Gasteiger partial charge in [-0.05, 0) is 72.9 Å². The molecule has 0 aliphatic carbocycles. The van der Waals surface area contributed by atoms with E-state index < -0.39 is 0 Å². The number of pyridine rings is 2. The zero-order valence-electron chi connectivity index (χ0n) is 22.7. The highest BCUT2D eigenvalue weighted by molar-refractivity contribution is 7.13. The third-order valence-corrected chi connectivity index (χ3v) is 7.81. The predicted octanol–water partition coefficient (Wildman–Crippen LogP) is 9.08. The number of thiophene rings is 1. The first-order valence-corrected chi connectivity index (χ1v) is 14.0. The summed E-state index contributed by atoms with van der Waals surface area (Å²) in [5, 5.41) is 3.95. The number of hydrogen-bond acceptors (Lipinski definition) is 4. The third kappa shape index (κ3) is 5.72. The van der Waals surface area contributed by atoms with Crippen molar-refractivity contribution in [2.75, 3.05) is 12.4 Å². The first kappa shape index (κ1) is 27.0. The summed E-state index contributed by atoms with van der Waals surface area (Å²) < 4.78 is 13.7. The van der Waals surface area contributed by atoms with Crippen LogP contribution in [-0.4, -0.2) is 22.0 Å². The molecule has 4 heterocycles. The van der Waals surface area contributed by atoms with Crippen LogP contribution in [0.5, 0.6) is 0 Å². The summed E-state index contributed by atoms with van der Waals surface area (Å²) in [4.78, 5) is 13.6. The van der Waals surface area contributed by atoms with Crippen molar-refractivity contribution in [2.45, 2.75) is 19.8 Å². The minimum absolute atomic E-state index is 0.231. The van der Waals surface area contributed by atoms with Crippen molar-refractivity contribution in [3.8, 4) is 10.6 Å². The van der Waals surface area contributed by atoms with Gasteiger partial charge >= 0.3 is 0 Å². The fraction of sp³-hybridized carbons (Fsp3) is 0.118. The molecule has 0 fully saturated rings. The van der Waals surface area contributed by atoms with Gasteiger partial charge in [-0.3, -0.25) is 9.97 Å². The summed E-state index contributed by atoms with van der Waals surface area (Å²) in [6, 6.07) is 19.7. The molecule has 5 rings (SSSR count). The van der Waals surface area contributed by atoms with E-state index in [9.17, 15) is 4.39 Å². The number of halogens is 1. The Kier molecular flexibility index (Phi) is 8.18. The van der Waals surface area contributed by atoms with Crippen molar-refractivity contribution < 1.29 is 4.39 Å². The van der Waals surface area contributed by atoms with Crippen LogP contribution >= 0.6 is 11.3 Å². The van der Waals surface area contributed by atoms with Gasteiger partial charge in [0.2, 0.25) is 0 Å². The van der Waals surface area contributed by atoms with Crippen LogP contribution in [-0.2, 0) is 6.42 Å². The molecule has 0 bridgehead atoms. The van der Waals surface area contributed by atoms with E-state index in [4.69, 9.17) is 4.98 Å². The molecule has 0 unspecified atom stereocenters. The monoisotopic (exact) mass is 546 g/mol. The average Bonchev–Trinajstić information content (AvgIpc) is 3.63. The van der Waals surface area contributed by atoms with Crippen molar-refractivity contribution in [3.05, 3.63) is 138 Å². The number of aryl methyl sites for hydroxylation is 1. The van der Waals surface area contributed by atoms with Gasteiger partial charge in [0.1, 0.15) is 0 Å². The second kappa shape index (κ2) is 12.1. The Balaban J connectivity index is 1.47. The van der Waals surface area contributed by atoms with Crippen molar-refractivity contribution in [2.24, 2.45) is 0 Å². The molecule has 0 amide bonds. The maximum Gasteiger partial charge on any atom is 0.177 e. The van der Waals surface area contributed by atoms with Gasteiger partial charge < -0.3 is 10.3 Å². The molecule has 40 heavy (non-hydrogen) atoms. The molecule has 2 N–H and O–H groups in total. The summed E-state index contributed by atoms with van der Waals surface area (Å²) in [6.45, 7) is 10.5. The number of aromatic nitrogens is 3. The fourth-order valence-corrected chi connectivity index (χ4v) is 5.47. The summed E-state index contributed by atoms with van der Waals surface area (Å²) in [6.07, 6.45) is 11.6. The molecule has 0 saturated heterocycles. The van der Waals surface area contributed by atoms with Crippen LogP contribution in [0.15, 0.2) is 110 Å². The number of benzene rings is 1. The number of rotatable bonds is 10. The molecule has 0 saturated carbocycles. The number of nitrogens with one attached hydrogen (secondary N) is 2. The zero-order valence-corrected chi connectivity index (χ0v) is 23.5. The number of hydrogen-bond donors (Lipinski definition) is 2. The number of H-pyrrole nitrogens is 1. The van der Waals surface area contributed by atoms with E-state index in [1.54, 1.807) is 12.3 Å². The Morgan fingerprint density at radius 3 is 2.62 bits per heavy atom. The van der Waals surface area contributed by atoms with E-state index >= 15 is 0 Å². The first-order valence-electron chi connectivity index (χ1n) is 13.1. The largest absolute Gasteiger partial charge is 0.386 e. The Bertz CT molecular complexity index is 1740. The van der Waals surface area contributed by atoms with Gasteiger partial charge in [-0.15, -0.1) is 11.3 Å². The highest BCUT2D eigenvalue weighted by atomic mass is 32.1. The van der Waals surface area contributed by atoms with Crippen molar-refractivity contribution in [1.29, 1.82) is 0 Å². The van der Waals surface area contributed by atoms with Crippen LogP contribution in [0.4, 0.5) is 10.1 Å². The second-order valence-electron chi connectivity index (χ2n) is 9.40. The number of aromatic amines is 1. The van der Waals surface area contributed by atoms with E-state index in [2.05, 4.69) is 70.9 Å². The van der Waals surface area contributed by atoms with E-state index in [0.29, 0.717) is 0 Å². The quantitative estimate of drug-likeness (QED) is 0.172. The summed E-state index contributed by atoms with van der Waals surface area (Å²) in [7, 11) is 1.88. The molecule has 0 radical (unpaired) electrons. The van der Waals surface area contributed by atoms with Crippen LogP contribution in [0.2, 0.25) is 0 Å². The van der Waals surface area contributed by atoms with Crippen LogP contribution in [0.25, 0.3) is 32.6 Å². The molecule has 4 nitrogen and oxygen atoms in total. The minimum atomic E-state index is -0.231. The lowest BCUT2D eigenvalue weighted by molar-refractivity contribution is 0.657. The van der Waals surface area contributed by atoms with Crippen molar-refractivity contribution in [3.63, 3.8) is 0 Å². The molecule has 0 aliphatic heterocycles. The van der Waals surface area contributed by atoms with Crippen molar-refractivity contribution in [1.82, 2.24) is 15.0 Å². The smallest absolute Gasteiger partial charge is 0.177 e. The molecule has 4 aromatic heterocycles. The molecule has 0 spiro atoms. The van der Waals surface area contributed by atoms with Gasteiger partial charge in [0.25, 0.3) is 0 Å². The topological polar surface area (TPSA) is 53.6 Å². The van der Waals surface area contributed by atoms with E-state index in [-0.39, 0.29) is 5.13 Å². The number of allylic oxidation sites excluding steroid dienone is 5. The van der Waals surface area contributed by atoms with Gasteiger partial charge in [-0.1, -0.05) is 55.6 Å². The Morgan fingerprint density at radius 2 is 1.93 bits per heavy atom. The lowest BCUT2D eigenvalue weighted by Gasteiger charge is -2.13. The fourth-order valence-electron chi connectivity index (χ4n) is 4.73. The van der Waals surface area contributed by atoms with Crippen LogP contribution in [0, 0.1) is 5.13 Å². The van der Waals surface area contributed by atoms with Crippen LogP contribution < -0.4 is 5.32 Å². The Hall–Kier alpha value is -4.55. The van der Waals surface area contributed by atoms with Crippen LogP contribution in [0.3, 0.4) is 0 Å². The number of fused-ring (bicyclic) bond motifs is 1. The minimum Gasteiger partial charge on any atom is -0.386 e. The number of nitrogens with zero attached hydrogens (tertiary/aromatic N) is 2. The molecule has 0 aliphatic rings. The SMILES string of the molecule is C=C/C(=C\C(=C/C)c1cc(C(=C)c2cc3c(-c4ccc(F)s4)nccc3[nH]2)c(NC)cn1)CCc1ccccc1. The molecule has 1 aromatic carbocycles. The standard InChI is InChI=1S/C34H31FN4S/c1-5-23(12-13-24-10-8-7-9-11-24)18-25(6-2)30-19-26(31(36-4)21-38-30)22(3)29-20-27-28(39-29)16-17-37-34(27)32-14-15-33(35)40-32/h5-11,14-21,36,39H,1,3,12-13H2,2,4H3/b23-18+,25-6+. The van der Waals surface area contributed by atoms with Crippen molar-refractivity contribution >= 4 is 39.1 Å². The van der Waals surface area contributed by atoms with Gasteiger partial charge in [0.05, 0.1) is 28.1 Å². The lowest BCUT2D eigenvalue weighted by atomic mass is 9.98. The molecule has 200 valence electrons. The predicted molar refractivity (Wildman–Crippen MR) is 168 cm³/mol. The molecular formula is C34H31FN4S. The summed E-state index contributed by atoms with van der Waals surface area (Å²) >= 11 is 1.09. The number of anilines is 1. The van der Waals surface area contributed by atoms with Crippen LogP contribution in [0.1, 0.15) is 35.9 Å². The molecule has 0 atom stereocenters. The Labute approximate surface area is 238 Å². The zero-order chi connectivity index (χ0) is 28.1.